The summed E-state index contributed by atoms with van der Waals surface area (Å²) < 4.78 is 5.80. The Morgan fingerprint density at radius 2 is 1.83 bits per heavy atom. The van der Waals surface area contributed by atoms with E-state index in [0.717, 1.165) is 32.6 Å². The van der Waals surface area contributed by atoms with Crippen molar-refractivity contribution in [1.82, 2.24) is 15.5 Å². The van der Waals surface area contributed by atoms with Crippen LogP contribution in [0.3, 0.4) is 0 Å². The Labute approximate surface area is 173 Å². The van der Waals surface area contributed by atoms with E-state index in [1.54, 1.807) is 0 Å². The molecule has 0 aromatic heterocycles. The Morgan fingerprint density at radius 1 is 1.10 bits per heavy atom. The molecule has 2 aromatic carbocycles. The smallest absolute Gasteiger partial charge is 0.251 e. The average molecular weight is 394 g/mol. The standard InChI is InChI=1S/C24H31N3O2/c1-17-14-27(15-18(2)29-17)16-19-7-9-21(10-8-19)24(28)26-13-23-22-6-4-3-5-20(22)11-12-25-23/h3-10,17-18,23,25H,11-16H2,1-2H3,(H,26,28). The molecule has 29 heavy (non-hydrogen) atoms. The number of hydrogen-bond donors (Lipinski definition) is 2. The lowest BCUT2D eigenvalue weighted by Gasteiger charge is -2.35. The van der Waals surface area contributed by atoms with Crippen molar-refractivity contribution in [2.45, 2.75) is 45.1 Å². The normalized spacial score (nSPS) is 24.7. The molecule has 0 saturated carbocycles. The van der Waals surface area contributed by atoms with Crippen LogP contribution in [0.2, 0.25) is 0 Å². The number of fused-ring (bicyclic) bond motifs is 1. The number of carbonyl (C=O) groups is 1. The quantitative estimate of drug-likeness (QED) is 0.820. The fourth-order valence-corrected chi connectivity index (χ4v) is 4.51. The number of amides is 1. The molecule has 1 amide bonds. The highest BCUT2D eigenvalue weighted by Crippen LogP contribution is 2.22. The summed E-state index contributed by atoms with van der Waals surface area (Å²) in [4.78, 5) is 15.0. The van der Waals surface area contributed by atoms with Crippen molar-refractivity contribution in [2.24, 2.45) is 0 Å². The van der Waals surface area contributed by atoms with Crippen molar-refractivity contribution < 1.29 is 9.53 Å². The zero-order valence-electron chi connectivity index (χ0n) is 17.4. The Bertz CT molecular complexity index is 826. The maximum atomic E-state index is 12.6. The van der Waals surface area contributed by atoms with Gasteiger partial charge in [0.15, 0.2) is 0 Å². The fourth-order valence-electron chi connectivity index (χ4n) is 4.51. The second-order valence-electron chi connectivity index (χ2n) is 8.31. The predicted octanol–water partition coefficient (Wildman–Crippen LogP) is 2.91. The van der Waals surface area contributed by atoms with E-state index in [0.29, 0.717) is 12.1 Å². The summed E-state index contributed by atoms with van der Waals surface area (Å²) in [6, 6.07) is 16.6. The van der Waals surface area contributed by atoms with E-state index >= 15 is 0 Å². The van der Waals surface area contributed by atoms with Crippen molar-refractivity contribution in [3.8, 4) is 0 Å². The van der Waals surface area contributed by atoms with Crippen molar-refractivity contribution in [1.29, 1.82) is 0 Å². The van der Waals surface area contributed by atoms with E-state index in [9.17, 15) is 4.79 Å². The minimum atomic E-state index is -0.0185. The lowest BCUT2D eigenvalue weighted by Crippen LogP contribution is -2.44. The zero-order valence-corrected chi connectivity index (χ0v) is 17.4. The first kappa shape index (κ1) is 20.1. The third-order valence-corrected chi connectivity index (χ3v) is 5.80. The molecule has 3 atom stereocenters. The van der Waals surface area contributed by atoms with Gasteiger partial charge in [-0.05, 0) is 55.6 Å². The first-order valence-electron chi connectivity index (χ1n) is 10.6. The molecule has 4 rings (SSSR count). The first-order chi connectivity index (χ1) is 14.1. The second kappa shape index (κ2) is 9.08. The third kappa shape index (κ3) is 5.04. The monoisotopic (exact) mass is 393 g/mol. The van der Waals surface area contributed by atoms with Gasteiger partial charge in [-0.3, -0.25) is 9.69 Å². The van der Waals surface area contributed by atoms with Gasteiger partial charge in [-0.1, -0.05) is 36.4 Å². The average Bonchev–Trinajstić information content (AvgIpc) is 2.72. The Morgan fingerprint density at radius 3 is 2.59 bits per heavy atom. The molecule has 0 radical (unpaired) electrons. The number of rotatable bonds is 5. The molecule has 1 fully saturated rings. The van der Waals surface area contributed by atoms with Gasteiger partial charge in [-0.15, -0.1) is 0 Å². The molecular weight excluding hydrogens is 362 g/mol. The van der Waals surface area contributed by atoms with Crippen LogP contribution in [0.1, 0.15) is 46.9 Å². The van der Waals surface area contributed by atoms with E-state index in [4.69, 9.17) is 4.74 Å². The van der Waals surface area contributed by atoms with Crippen LogP contribution in [0.5, 0.6) is 0 Å². The summed E-state index contributed by atoms with van der Waals surface area (Å²) >= 11 is 0. The minimum absolute atomic E-state index is 0.0185. The Kier molecular flexibility index (Phi) is 6.28. The number of ether oxygens (including phenoxy) is 1. The Balaban J connectivity index is 1.32. The number of carbonyl (C=O) groups excluding carboxylic acids is 1. The maximum Gasteiger partial charge on any atom is 0.251 e. The molecule has 0 bridgehead atoms. The molecule has 2 N–H and O–H groups in total. The Hall–Kier alpha value is -2.21. The van der Waals surface area contributed by atoms with Gasteiger partial charge in [0.05, 0.1) is 12.2 Å². The van der Waals surface area contributed by atoms with Crippen LogP contribution in [-0.4, -0.2) is 49.2 Å². The summed E-state index contributed by atoms with van der Waals surface area (Å²) in [5.41, 5.74) is 4.61. The van der Waals surface area contributed by atoms with Gasteiger partial charge < -0.3 is 15.4 Å². The van der Waals surface area contributed by atoms with Gasteiger partial charge in [0, 0.05) is 37.8 Å². The lowest BCUT2D eigenvalue weighted by molar-refractivity contribution is -0.0704. The van der Waals surface area contributed by atoms with Gasteiger partial charge in [0.25, 0.3) is 5.91 Å². The SMILES string of the molecule is CC1CN(Cc2ccc(C(=O)NCC3NCCc4ccccc43)cc2)CC(C)O1. The minimum Gasteiger partial charge on any atom is -0.373 e. The van der Waals surface area contributed by atoms with Crippen molar-refractivity contribution in [2.75, 3.05) is 26.2 Å². The van der Waals surface area contributed by atoms with Gasteiger partial charge in [-0.2, -0.15) is 0 Å². The van der Waals surface area contributed by atoms with Crippen molar-refractivity contribution in [3.63, 3.8) is 0 Å². The maximum absolute atomic E-state index is 12.6. The van der Waals surface area contributed by atoms with E-state index in [2.05, 4.69) is 65.8 Å². The summed E-state index contributed by atoms with van der Waals surface area (Å²) in [7, 11) is 0. The molecule has 0 aliphatic carbocycles. The molecule has 2 aromatic rings. The summed E-state index contributed by atoms with van der Waals surface area (Å²) in [6.07, 6.45) is 1.58. The molecule has 5 nitrogen and oxygen atoms in total. The summed E-state index contributed by atoms with van der Waals surface area (Å²) in [5.74, 6) is -0.0185. The number of nitrogens with zero attached hydrogens (tertiary/aromatic N) is 1. The topological polar surface area (TPSA) is 53.6 Å². The molecule has 2 heterocycles. The highest BCUT2D eigenvalue weighted by Gasteiger charge is 2.22. The number of hydrogen-bond acceptors (Lipinski definition) is 4. The zero-order chi connectivity index (χ0) is 20.2. The molecule has 3 unspecified atom stereocenters. The summed E-state index contributed by atoms with van der Waals surface area (Å²) in [6.45, 7) is 8.57. The number of nitrogens with one attached hydrogen (secondary N) is 2. The fraction of sp³-hybridized carbons (Fsp3) is 0.458. The van der Waals surface area contributed by atoms with Crippen LogP contribution in [0.4, 0.5) is 0 Å². The van der Waals surface area contributed by atoms with E-state index in [1.807, 2.05) is 12.1 Å². The molecule has 2 aliphatic rings. The predicted molar refractivity (Wildman–Crippen MR) is 115 cm³/mol. The number of benzene rings is 2. The van der Waals surface area contributed by atoms with Crippen molar-refractivity contribution in [3.05, 3.63) is 70.8 Å². The van der Waals surface area contributed by atoms with Crippen molar-refractivity contribution >= 4 is 5.91 Å². The van der Waals surface area contributed by atoms with Crippen LogP contribution in [0.25, 0.3) is 0 Å². The molecule has 1 saturated heterocycles. The van der Waals surface area contributed by atoms with Gasteiger partial charge >= 0.3 is 0 Å². The van der Waals surface area contributed by atoms with E-state index in [-0.39, 0.29) is 24.2 Å². The lowest BCUT2D eigenvalue weighted by atomic mass is 9.94. The summed E-state index contributed by atoms with van der Waals surface area (Å²) in [5, 5.41) is 6.61. The van der Waals surface area contributed by atoms with Crippen LogP contribution < -0.4 is 10.6 Å². The molecule has 5 heteroatoms. The second-order valence-corrected chi connectivity index (χ2v) is 8.31. The van der Waals surface area contributed by atoms with Crippen LogP contribution >= 0.6 is 0 Å². The number of morpholine rings is 1. The third-order valence-electron chi connectivity index (χ3n) is 5.80. The highest BCUT2D eigenvalue weighted by molar-refractivity contribution is 5.94. The molecule has 154 valence electrons. The molecular formula is C24H31N3O2. The highest BCUT2D eigenvalue weighted by atomic mass is 16.5. The van der Waals surface area contributed by atoms with E-state index in [1.165, 1.54) is 16.7 Å². The van der Waals surface area contributed by atoms with E-state index < -0.39 is 0 Å². The van der Waals surface area contributed by atoms with Gasteiger partial charge in [-0.25, -0.2) is 0 Å². The van der Waals surface area contributed by atoms with Crippen LogP contribution in [-0.2, 0) is 17.7 Å². The first-order valence-corrected chi connectivity index (χ1v) is 10.6. The largest absolute Gasteiger partial charge is 0.373 e. The van der Waals surface area contributed by atoms with Gasteiger partial charge in [0.1, 0.15) is 0 Å². The molecule has 0 spiro atoms. The van der Waals surface area contributed by atoms with Gasteiger partial charge in [0.2, 0.25) is 0 Å². The molecule has 2 aliphatic heterocycles. The van der Waals surface area contributed by atoms with Crippen LogP contribution in [0, 0.1) is 0 Å². The van der Waals surface area contributed by atoms with Crippen LogP contribution in [0.15, 0.2) is 48.5 Å².